The standard InChI is InChI=1S/C42H63NO5/c1-6-48-36(46)43(25-28-12-13-29-22-31(28)37(29,2)3)26-41(47)19-16-34-39(41,5)18-15-33-38(4)17-14-30(44)23-40(38)20-21-42(33,34)32(24-40)35(45)27-10-8-7-9-11-27/h20-21,24,27-31,33-34,44,47H,6-19,22-23,25-26H2,1-5H3/t28-,29-,30?,31-,33+,34+,38+,39-,40-,41+,42+/m0/s1. The number of nitrogens with zero attached hydrogens (tertiary/aromatic N) is 1. The molecule has 6 heteroatoms. The molecule has 1 unspecified atom stereocenters. The summed E-state index contributed by atoms with van der Waals surface area (Å²) in [6.45, 7) is 12.7. The number of ether oxygens (including phenoxy) is 1. The van der Waals surface area contributed by atoms with Gasteiger partial charge in [-0.25, -0.2) is 4.79 Å². The number of carbonyl (C=O) groups excluding carboxylic acids is 2. The van der Waals surface area contributed by atoms with Gasteiger partial charge in [0.1, 0.15) is 0 Å². The summed E-state index contributed by atoms with van der Waals surface area (Å²) in [5.41, 5.74) is -0.865. The van der Waals surface area contributed by atoms with Gasteiger partial charge in [-0.15, -0.1) is 0 Å². The van der Waals surface area contributed by atoms with Crippen LogP contribution in [0.1, 0.15) is 131 Å². The first-order chi connectivity index (χ1) is 22.7. The van der Waals surface area contributed by atoms with Crippen LogP contribution in [0.25, 0.3) is 0 Å². The van der Waals surface area contributed by atoms with Gasteiger partial charge >= 0.3 is 6.09 Å². The third-order valence-corrected chi connectivity index (χ3v) is 17.4. The number of ketones is 1. The molecule has 2 spiro atoms. The van der Waals surface area contributed by atoms with Gasteiger partial charge in [-0.2, -0.15) is 0 Å². The molecule has 48 heavy (non-hydrogen) atoms. The van der Waals surface area contributed by atoms with Gasteiger partial charge < -0.3 is 19.8 Å². The van der Waals surface area contributed by atoms with E-state index < -0.39 is 16.4 Å². The quantitative estimate of drug-likeness (QED) is 0.268. The van der Waals surface area contributed by atoms with Crippen LogP contribution in [0.3, 0.4) is 0 Å². The maximum Gasteiger partial charge on any atom is 0.409 e. The average Bonchev–Trinajstić information content (AvgIpc) is 3.34. The molecule has 0 heterocycles. The number of hydrogen-bond acceptors (Lipinski definition) is 5. The van der Waals surface area contributed by atoms with Crippen LogP contribution in [0.15, 0.2) is 23.8 Å². The molecule has 0 radical (unpaired) electrons. The summed E-state index contributed by atoms with van der Waals surface area (Å²) in [7, 11) is 0. The van der Waals surface area contributed by atoms with Gasteiger partial charge in [0, 0.05) is 34.3 Å². The van der Waals surface area contributed by atoms with Crippen molar-refractivity contribution in [3.05, 3.63) is 23.8 Å². The van der Waals surface area contributed by atoms with E-state index in [1.807, 2.05) is 11.8 Å². The number of allylic oxidation sites excluding steroid dienone is 4. The average molecular weight is 662 g/mol. The second-order valence-electron chi connectivity index (χ2n) is 19.3. The van der Waals surface area contributed by atoms with E-state index >= 15 is 0 Å². The highest BCUT2D eigenvalue weighted by Crippen LogP contribution is 2.78. The van der Waals surface area contributed by atoms with Crippen LogP contribution in [0.2, 0.25) is 0 Å². The predicted octanol–water partition coefficient (Wildman–Crippen LogP) is 8.26. The molecule has 6 nitrogen and oxygen atoms in total. The summed E-state index contributed by atoms with van der Waals surface area (Å²) < 4.78 is 5.69. The Morgan fingerprint density at radius 2 is 1.60 bits per heavy atom. The number of aliphatic hydroxyl groups is 2. The maximum absolute atomic E-state index is 14.9. The van der Waals surface area contributed by atoms with Crippen molar-refractivity contribution >= 4 is 11.9 Å². The molecule has 10 aliphatic rings. The zero-order valence-corrected chi connectivity index (χ0v) is 30.6. The molecule has 0 saturated heterocycles. The van der Waals surface area contributed by atoms with Gasteiger partial charge in [-0.3, -0.25) is 4.79 Å². The minimum atomic E-state index is -1.06. The van der Waals surface area contributed by atoms with Crippen molar-refractivity contribution in [2.24, 2.45) is 62.6 Å². The van der Waals surface area contributed by atoms with Crippen molar-refractivity contribution < 1.29 is 24.5 Å². The van der Waals surface area contributed by atoms with E-state index in [-0.39, 0.29) is 34.9 Å². The van der Waals surface area contributed by atoms with Crippen molar-refractivity contribution in [1.29, 1.82) is 0 Å². The molecule has 0 aromatic rings. The fraction of sp³-hybridized carbons (Fsp3) is 0.857. The minimum Gasteiger partial charge on any atom is -0.450 e. The fourth-order valence-corrected chi connectivity index (χ4v) is 14.4. The Labute approximate surface area is 289 Å². The van der Waals surface area contributed by atoms with Gasteiger partial charge in [-0.1, -0.05) is 65.2 Å². The third-order valence-electron chi connectivity index (χ3n) is 17.4. The summed E-state index contributed by atoms with van der Waals surface area (Å²) in [6, 6.07) is 0. The summed E-state index contributed by atoms with van der Waals surface area (Å²) in [6.07, 6.45) is 21.5. The SMILES string of the molecule is CCOC(=O)N(C[C@@H]1CC[C@H]2C[C@@H]1C2(C)C)C[C@]1(O)CC[C@H]2[C@]34C=C[C@@]5(C=C3C(=O)C3CCCCC3)CC(O)CC[C@]5(C)[C@H]4CC[C@@]21C. The zero-order chi connectivity index (χ0) is 33.9. The van der Waals surface area contributed by atoms with Crippen molar-refractivity contribution in [1.82, 2.24) is 4.90 Å². The molecule has 7 fully saturated rings. The van der Waals surface area contributed by atoms with E-state index in [0.29, 0.717) is 61.5 Å². The van der Waals surface area contributed by atoms with Crippen molar-refractivity contribution in [3.63, 3.8) is 0 Å². The van der Waals surface area contributed by atoms with Crippen LogP contribution in [0.5, 0.6) is 0 Å². The van der Waals surface area contributed by atoms with E-state index in [9.17, 15) is 19.8 Å². The van der Waals surface area contributed by atoms with E-state index in [0.717, 1.165) is 75.7 Å². The van der Waals surface area contributed by atoms with E-state index in [2.05, 4.69) is 45.9 Å². The molecule has 2 N–H and O–H groups in total. The lowest BCUT2D eigenvalue weighted by molar-refractivity contribution is -0.180. The van der Waals surface area contributed by atoms with Crippen LogP contribution in [0, 0.1) is 62.6 Å². The Balaban J connectivity index is 1.15. The molecule has 1 amide bonds. The molecule has 0 aliphatic heterocycles. The first-order valence-electron chi connectivity index (χ1n) is 20.0. The molecule has 11 atom stereocenters. The lowest BCUT2D eigenvalue weighted by atomic mass is 9.32. The maximum atomic E-state index is 14.9. The Morgan fingerprint density at radius 3 is 2.31 bits per heavy atom. The summed E-state index contributed by atoms with van der Waals surface area (Å²) in [4.78, 5) is 30.4. The fourth-order valence-electron chi connectivity index (χ4n) is 14.4. The summed E-state index contributed by atoms with van der Waals surface area (Å²) in [5.74, 6) is 2.73. The number of aliphatic hydroxyl groups excluding tert-OH is 1. The molecule has 7 saturated carbocycles. The van der Waals surface area contributed by atoms with E-state index in [1.54, 1.807) is 0 Å². The van der Waals surface area contributed by atoms with Crippen LogP contribution in [-0.2, 0) is 9.53 Å². The molecule has 0 aromatic carbocycles. The predicted molar refractivity (Wildman–Crippen MR) is 187 cm³/mol. The normalized spacial score (nSPS) is 48.4. The van der Waals surface area contributed by atoms with Crippen LogP contribution in [0.4, 0.5) is 4.79 Å². The second-order valence-corrected chi connectivity index (χ2v) is 19.3. The van der Waals surface area contributed by atoms with Gasteiger partial charge in [0.25, 0.3) is 0 Å². The highest BCUT2D eigenvalue weighted by molar-refractivity contribution is 6.00. The largest absolute Gasteiger partial charge is 0.450 e. The number of fused-ring (bicyclic) bond motifs is 3. The lowest BCUT2D eigenvalue weighted by Crippen LogP contribution is -2.67. The van der Waals surface area contributed by atoms with Crippen LogP contribution in [-0.4, -0.2) is 58.4 Å². The number of amides is 1. The van der Waals surface area contributed by atoms with Crippen molar-refractivity contribution in [3.8, 4) is 0 Å². The van der Waals surface area contributed by atoms with Gasteiger partial charge in [0.2, 0.25) is 0 Å². The summed E-state index contributed by atoms with van der Waals surface area (Å²) >= 11 is 0. The van der Waals surface area contributed by atoms with Crippen molar-refractivity contribution in [2.45, 2.75) is 143 Å². The van der Waals surface area contributed by atoms with E-state index in [1.165, 1.54) is 19.3 Å². The molecular formula is C42H63NO5. The third kappa shape index (κ3) is 4.35. The molecule has 0 aromatic heterocycles. The molecular weight excluding hydrogens is 598 g/mol. The summed E-state index contributed by atoms with van der Waals surface area (Å²) in [5, 5.41) is 24.1. The number of hydrogen-bond donors (Lipinski definition) is 2. The van der Waals surface area contributed by atoms with Crippen LogP contribution >= 0.6 is 0 Å². The Bertz CT molecular complexity index is 1390. The van der Waals surface area contributed by atoms with Gasteiger partial charge in [-0.05, 0) is 124 Å². The first kappa shape index (κ1) is 33.5. The zero-order valence-electron chi connectivity index (χ0n) is 30.6. The smallest absolute Gasteiger partial charge is 0.409 e. The number of carbonyl (C=O) groups is 2. The Hall–Kier alpha value is -1.66. The highest BCUT2D eigenvalue weighted by Gasteiger charge is 2.74. The van der Waals surface area contributed by atoms with Gasteiger partial charge in [0.15, 0.2) is 5.78 Å². The molecule has 10 rings (SSSR count). The Morgan fingerprint density at radius 1 is 0.896 bits per heavy atom. The minimum absolute atomic E-state index is 0.0231. The number of Topliss-reactive ketones (excluding diaryl/α,β-unsaturated/α-hetero) is 1. The molecule has 266 valence electrons. The Kier molecular flexibility index (Phi) is 7.79. The van der Waals surface area contributed by atoms with Crippen molar-refractivity contribution in [2.75, 3.05) is 19.7 Å². The topological polar surface area (TPSA) is 87.1 Å². The van der Waals surface area contributed by atoms with Gasteiger partial charge in [0.05, 0.1) is 24.9 Å². The monoisotopic (exact) mass is 661 g/mol. The number of rotatable bonds is 7. The van der Waals surface area contributed by atoms with Crippen LogP contribution < -0.4 is 0 Å². The molecule has 4 bridgehead atoms. The van der Waals surface area contributed by atoms with E-state index in [4.69, 9.17) is 4.74 Å². The molecule has 10 aliphatic carbocycles. The lowest BCUT2D eigenvalue weighted by Gasteiger charge is -2.71. The second kappa shape index (κ2) is 11.2. The first-order valence-corrected chi connectivity index (χ1v) is 20.0. The highest BCUT2D eigenvalue weighted by atomic mass is 16.6.